The Kier molecular flexibility index (Phi) is 4.50. The average Bonchev–Trinajstić information content (AvgIpc) is 3.04. The van der Waals surface area contributed by atoms with Gasteiger partial charge in [0.25, 0.3) is 5.91 Å². The summed E-state index contributed by atoms with van der Waals surface area (Å²) in [6.45, 7) is 2.66. The zero-order chi connectivity index (χ0) is 17.1. The quantitative estimate of drug-likeness (QED) is 0.908. The van der Waals surface area contributed by atoms with Crippen LogP contribution < -0.4 is 15.0 Å². The first-order valence-corrected chi connectivity index (χ1v) is 7.91. The minimum absolute atomic E-state index is 0.0415. The molecule has 1 aliphatic rings. The van der Waals surface area contributed by atoms with Gasteiger partial charge in [0.05, 0.1) is 5.69 Å². The van der Waals surface area contributed by atoms with Crippen LogP contribution in [-0.4, -0.2) is 35.0 Å². The zero-order valence-electron chi connectivity index (χ0n) is 13.8. The molecular formula is C17H20N4O3. The van der Waals surface area contributed by atoms with Crippen molar-refractivity contribution in [2.75, 3.05) is 23.9 Å². The summed E-state index contributed by atoms with van der Waals surface area (Å²) in [4.78, 5) is 29.6. The Hall–Kier alpha value is -2.83. The molecule has 0 bridgehead atoms. The summed E-state index contributed by atoms with van der Waals surface area (Å²) in [5.74, 6) is 1.41. The highest BCUT2D eigenvalue weighted by molar-refractivity contribution is 5.99. The van der Waals surface area contributed by atoms with Crippen LogP contribution in [0.1, 0.15) is 19.2 Å². The fourth-order valence-corrected chi connectivity index (χ4v) is 2.65. The Morgan fingerprint density at radius 3 is 3.04 bits per heavy atom. The molecule has 1 N–H and O–H groups in total. The van der Waals surface area contributed by atoms with E-state index in [1.54, 1.807) is 31.4 Å². The SMILES string of the molecule is CCc1nccn1CCC(=O)Nc1ccc2c(c1)N(C)C(=O)CO2. The first-order valence-electron chi connectivity index (χ1n) is 7.91. The Morgan fingerprint density at radius 2 is 2.25 bits per heavy atom. The van der Waals surface area contributed by atoms with Crippen LogP contribution in [0.5, 0.6) is 5.75 Å². The van der Waals surface area contributed by atoms with Crippen LogP contribution in [0.2, 0.25) is 0 Å². The maximum absolute atomic E-state index is 12.2. The minimum Gasteiger partial charge on any atom is -0.482 e. The van der Waals surface area contributed by atoms with Gasteiger partial charge in [-0.3, -0.25) is 9.59 Å². The fraction of sp³-hybridized carbons (Fsp3) is 0.353. The molecule has 7 heteroatoms. The van der Waals surface area contributed by atoms with Crippen molar-refractivity contribution in [1.29, 1.82) is 0 Å². The van der Waals surface area contributed by atoms with Crippen LogP contribution in [0.25, 0.3) is 0 Å². The number of anilines is 2. The Bertz CT molecular complexity index is 769. The molecule has 1 aromatic heterocycles. The Balaban J connectivity index is 1.64. The number of nitrogens with zero attached hydrogens (tertiary/aromatic N) is 3. The van der Waals surface area contributed by atoms with E-state index in [-0.39, 0.29) is 18.4 Å². The van der Waals surface area contributed by atoms with Crippen molar-refractivity contribution in [3.63, 3.8) is 0 Å². The molecule has 2 amide bonds. The highest BCUT2D eigenvalue weighted by Crippen LogP contribution is 2.33. The van der Waals surface area contributed by atoms with Gasteiger partial charge in [0, 0.05) is 44.5 Å². The summed E-state index contributed by atoms with van der Waals surface area (Å²) in [7, 11) is 1.70. The topological polar surface area (TPSA) is 76.5 Å². The predicted molar refractivity (Wildman–Crippen MR) is 90.2 cm³/mol. The predicted octanol–water partition coefficient (Wildman–Crippen LogP) is 1.83. The number of imidazole rings is 1. The molecule has 3 rings (SSSR count). The molecule has 2 heterocycles. The molecule has 0 atom stereocenters. The Labute approximate surface area is 140 Å². The van der Waals surface area contributed by atoms with Crippen molar-refractivity contribution in [3.05, 3.63) is 36.4 Å². The molecular weight excluding hydrogens is 308 g/mol. The number of hydrogen-bond donors (Lipinski definition) is 1. The molecule has 24 heavy (non-hydrogen) atoms. The van der Waals surface area contributed by atoms with Crippen LogP contribution in [0.4, 0.5) is 11.4 Å². The van der Waals surface area contributed by atoms with E-state index in [2.05, 4.69) is 10.3 Å². The molecule has 1 aromatic carbocycles. The first-order chi connectivity index (χ1) is 11.6. The second-order valence-corrected chi connectivity index (χ2v) is 5.61. The van der Waals surface area contributed by atoms with Gasteiger partial charge in [-0.1, -0.05) is 6.92 Å². The fourth-order valence-electron chi connectivity index (χ4n) is 2.65. The lowest BCUT2D eigenvalue weighted by Gasteiger charge is -2.26. The minimum atomic E-state index is -0.113. The summed E-state index contributed by atoms with van der Waals surface area (Å²) in [6.07, 6.45) is 4.81. The summed E-state index contributed by atoms with van der Waals surface area (Å²) in [5.41, 5.74) is 1.30. The molecule has 0 aliphatic carbocycles. The number of nitrogens with one attached hydrogen (secondary N) is 1. The van der Waals surface area contributed by atoms with Gasteiger partial charge in [0.1, 0.15) is 11.6 Å². The zero-order valence-corrected chi connectivity index (χ0v) is 13.8. The first kappa shape index (κ1) is 16.0. The number of carbonyl (C=O) groups excluding carboxylic acids is 2. The van der Waals surface area contributed by atoms with E-state index in [0.29, 0.717) is 30.1 Å². The average molecular weight is 328 g/mol. The summed E-state index contributed by atoms with van der Waals surface area (Å²) in [5, 5.41) is 2.86. The van der Waals surface area contributed by atoms with E-state index in [4.69, 9.17) is 4.74 Å². The largest absolute Gasteiger partial charge is 0.482 e. The number of aryl methyl sites for hydroxylation is 2. The number of fused-ring (bicyclic) bond motifs is 1. The maximum Gasteiger partial charge on any atom is 0.264 e. The number of hydrogen-bond acceptors (Lipinski definition) is 4. The molecule has 1 aliphatic heterocycles. The van der Waals surface area contributed by atoms with Crippen molar-refractivity contribution < 1.29 is 14.3 Å². The van der Waals surface area contributed by atoms with Crippen molar-refractivity contribution in [2.24, 2.45) is 0 Å². The normalized spacial score (nSPS) is 13.4. The van der Waals surface area contributed by atoms with E-state index >= 15 is 0 Å². The number of benzene rings is 1. The van der Waals surface area contributed by atoms with Gasteiger partial charge >= 0.3 is 0 Å². The maximum atomic E-state index is 12.2. The third-order valence-corrected chi connectivity index (χ3v) is 4.03. The number of rotatable bonds is 5. The van der Waals surface area contributed by atoms with Crippen LogP contribution in [-0.2, 0) is 22.6 Å². The second-order valence-electron chi connectivity index (χ2n) is 5.61. The standard InChI is InChI=1S/C17H20N4O3/c1-3-15-18-7-9-21(15)8-6-16(22)19-12-4-5-14-13(10-12)20(2)17(23)11-24-14/h4-5,7,9-10H,3,6,8,11H2,1-2H3,(H,19,22). The van der Waals surface area contributed by atoms with Gasteiger partial charge in [-0.05, 0) is 18.2 Å². The molecule has 0 unspecified atom stereocenters. The van der Waals surface area contributed by atoms with Crippen LogP contribution in [0.15, 0.2) is 30.6 Å². The molecule has 0 saturated heterocycles. The number of likely N-dealkylation sites (N-methyl/N-ethyl adjacent to an activating group) is 1. The van der Waals surface area contributed by atoms with E-state index in [1.807, 2.05) is 17.7 Å². The lowest BCUT2D eigenvalue weighted by molar-refractivity contribution is -0.121. The molecule has 0 fully saturated rings. The third kappa shape index (κ3) is 3.24. The smallest absolute Gasteiger partial charge is 0.264 e. The number of aromatic nitrogens is 2. The summed E-state index contributed by atoms with van der Waals surface area (Å²) in [6, 6.07) is 5.28. The molecule has 0 spiro atoms. The molecule has 0 radical (unpaired) electrons. The summed E-state index contributed by atoms with van der Waals surface area (Å²) < 4.78 is 7.35. The van der Waals surface area contributed by atoms with E-state index in [9.17, 15) is 9.59 Å². The number of amides is 2. The monoisotopic (exact) mass is 328 g/mol. The second kappa shape index (κ2) is 6.74. The lowest BCUT2D eigenvalue weighted by atomic mass is 10.2. The highest BCUT2D eigenvalue weighted by atomic mass is 16.5. The van der Waals surface area contributed by atoms with E-state index in [0.717, 1.165) is 12.2 Å². The van der Waals surface area contributed by atoms with Gasteiger partial charge in [-0.2, -0.15) is 0 Å². The van der Waals surface area contributed by atoms with Gasteiger partial charge in [-0.15, -0.1) is 0 Å². The Morgan fingerprint density at radius 1 is 1.42 bits per heavy atom. The van der Waals surface area contributed by atoms with Crippen LogP contribution in [0, 0.1) is 0 Å². The van der Waals surface area contributed by atoms with Crippen molar-refractivity contribution >= 4 is 23.2 Å². The molecule has 7 nitrogen and oxygen atoms in total. The van der Waals surface area contributed by atoms with Gasteiger partial charge < -0.3 is 19.5 Å². The van der Waals surface area contributed by atoms with Crippen molar-refractivity contribution in [1.82, 2.24) is 9.55 Å². The van der Waals surface area contributed by atoms with Crippen molar-refractivity contribution in [3.8, 4) is 5.75 Å². The van der Waals surface area contributed by atoms with Gasteiger partial charge in [-0.25, -0.2) is 4.98 Å². The van der Waals surface area contributed by atoms with E-state index in [1.165, 1.54) is 4.90 Å². The third-order valence-electron chi connectivity index (χ3n) is 4.03. The summed E-state index contributed by atoms with van der Waals surface area (Å²) >= 11 is 0. The lowest BCUT2D eigenvalue weighted by Crippen LogP contribution is -2.35. The molecule has 0 saturated carbocycles. The van der Waals surface area contributed by atoms with Gasteiger partial charge in [0.15, 0.2) is 6.61 Å². The highest BCUT2D eigenvalue weighted by Gasteiger charge is 2.22. The van der Waals surface area contributed by atoms with Crippen LogP contribution >= 0.6 is 0 Å². The molecule has 2 aromatic rings. The van der Waals surface area contributed by atoms with Gasteiger partial charge in [0.2, 0.25) is 5.91 Å². The number of ether oxygens (including phenoxy) is 1. The van der Waals surface area contributed by atoms with Crippen LogP contribution in [0.3, 0.4) is 0 Å². The number of carbonyl (C=O) groups is 2. The van der Waals surface area contributed by atoms with E-state index < -0.39 is 0 Å². The van der Waals surface area contributed by atoms with Crippen molar-refractivity contribution in [2.45, 2.75) is 26.3 Å². The molecule has 126 valence electrons.